The third-order valence-corrected chi connectivity index (χ3v) is 3.23. The lowest BCUT2D eigenvalue weighted by atomic mass is 10.1. The molecule has 3 nitrogen and oxygen atoms in total. The van der Waals surface area contributed by atoms with E-state index in [0.717, 1.165) is 24.4 Å². The van der Waals surface area contributed by atoms with E-state index in [1.807, 2.05) is 32.0 Å². The van der Waals surface area contributed by atoms with Crippen molar-refractivity contribution in [2.24, 2.45) is 0 Å². The Morgan fingerprint density at radius 2 is 1.85 bits per heavy atom. The van der Waals surface area contributed by atoms with Crippen LogP contribution in [-0.2, 0) is 15.9 Å². The van der Waals surface area contributed by atoms with Crippen molar-refractivity contribution in [2.45, 2.75) is 45.9 Å². The van der Waals surface area contributed by atoms with Crippen LogP contribution in [0.25, 0.3) is 0 Å². The molecule has 0 aliphatic rings. The average Bonchev–Trinajstić information content (AvgIpc) is 2.43. The molecule has 1 N–H and O–H groups in total. The molecule has 0 bridgehead atoms. The van der Waals surface area contributed by atoms with Crippen molar-refractivity contribution in [2.75, 3.05) is 19.8 Å². The second kappa shape index (κ2) is 10.2. The first-order valence-electron chi connectivity index (χ1n) is 7.42. The summed E-state index contributed by atoms with van der Waals surface area (Å²) in [5, 5.41) is 4.28. The first-order valence-corrected chi connectivity index (χ1v) is 7.80. The van der Waals surface area contributed by atoms with Gasteiger partial charge in [-0.15, -0.1) is 0 Å². The van der Waals surface area contributed by atoms with Crippen molar-refractivity contribution in [3.8, 4) is 0 Å². The lowest BCUT2D eigenvalue weighted by molar-refractivity contribution is -0.153. The Morgan fingerprint density at radius 1 is 1.15 bits per heavy atom. The number of rotatable bonds is 10. The normalized spacial score (nSPS) is 12.8. The van der Waals surface area contributed by atoms with Gasteiger partial charge in [0.2, 0.25) is 0 Å². The molecule has 0 saturated carbocycles. The van der Waals surface area contributed by atoms with Crippen LogP contribution in [0.3, 0.4) is 0 Å². The highest BCUT2D eigenvalue weighted by Gasteiger charge is 2.22. The van der Waals surface area contributed by atoms with E-state index in [1.54, 1.807) is 0 Å². The number of nitrogens with one attached hydrogen (secondary N) is 1. The lowest BCUT2D eigenvalue weighted by Crippen LogP contribution is -2.45. The third-order valence-electron chi connectivity index (χ3n) is 2.99. The molecule has 0 aliphatic carbocycles. The number of ether oxygens (including phenoxy) is 2. The highest BCUT2D eigenvalue weighted by Crippen LogP contribution is 2.15. The van der Waals surface area contributed by atoms with E-state index in [-0.39, 0.29) is 12.3 Å². The molecule has 0 saturated heterocycles. The summed E-state index contributed by atoms with van der Waals surface area (Å²) in [6, 6.07) is 8.08. The van der Waals surface area contributed by atoms with Gasteiger partial charge in [0.25, 0.3) is 0 Å². The molecule has 0 aromatic heterocycles. The van der Waals surface area contributed by atoms with Crippen LogP contribution in [0.15, 0.2) is 24.3 Å². The number of hydrogen-bond donors (Lipinski definition) is 1. The average molecular weight is 300 g/mol. The summed E-state index contributed by atoms with van der Waals surface area (Å²) in [5.74, 6) is 0. The quantitative estimate of drug-likeness (QED) is 0.669. The maximum Gasteiger partial charge on any atom is 0.172 e. The van der Waals surface area contributed by atoms with Crippen LogP contribution in [0.5, 0.6) is 0 Å². The maximum absolute atomic E-state index is 6.05. The standard InChI is InChI=1S/C16H26ClNO2/c1-4-10-18-15(16(19-5-2)20-6-3)12-13-8-7-9-14(17)11-13/h7-9,11,15-16,18H,4-6,10,12H2,1-3H3. The summed E-state index contributed by atoms with van der Waals surface area (Å²) in [6.07, 6.45) is 1.69. The van der Waals surface area contributed by atoms with Crippen molar-refractivity contribution < 1.29 is 9.47 Å². The van der Waals surface area contributed by atoms with Crippen molar-refractivity contribution >= 4 is 11.6 Å². The Labute approximate surface area is 127 Å². The highest BCUT2D eigenvalue weighted by atomic mass is 35.5. The topological polar surface area (TPSA) is 30.5 Å². The molecular weight excluding hydrogens is 274 g/mol. The Morgan fingerprint density at radius 3 is 2.40 bits per heavy atom. The van der Waals surface area contributed by atoms with Crippen LogP contribution < -0.4 is 5.32 Å². The van der Waals surface area contributed by atoms with Crippen LogP contribution in [0.2, 0.25) is 5.02 Å². The fraction of sp³-hybridized carbons (Fsp3) is 0.625. The first-order chi connectivity index (χ1) is 9.71. The van der Waals surface area contributed by atoms with Crippen LogP contribution in [0, 0.1) is 0 Å². The minimum atomic E-state index is -0.226. The smallest absolute Gasteiger partial charge is 0.172 e. The van der Waals surface area contributed by atoms with Crippen molar-refractivity contribution in [3.05, 3.63) is 34.9 Å². The summed E-state index contributed by atoms with van der Waals surface area (Å²) in [7, 11) is 0. The number of halogens is 1. The second-order valence-corrected chi connectivity index (χ2v) is 5.11. The van der Waals surface area contributed by atoms with E-state index < -0.39 is 0 Å². The number of benzene rings is 1. The SMILES string of the molecule is CCCNC(Cc1cccc(Cl)c1)C(OCC)OCC. The van der Waals surface area contributed by atoms with Gasteiger partial charge in [0.15, 0.2) is 6.29 Å². The van der Waals surface area contributed by atoms with Gasteiger partial charge < -0.3 is 14.8 Å². The monoisotopic (exact) mass is 299 g/mol. The second-order valence-electron chi connectivity index (χ2n) is 4.67. The van der Waals surface area contributed by atoms with Gasteiger partial charge in [-0.3, -0.25) is 0 Å². The van der Waals surface area contributed by atoms with Crippen molar-refractivity contribution in [1.29, 1.82) is 0 Å². The third kappa shape index (κ3) is 6.23. The van der Waals surface area contributed by atoms with Gasteiger partial charge in [0, 0.05) is 18.2 Å². The summed E-state index contributed by atoms with van der Waals surface area (Å²) >= 11 is 6.05. The van der Waals surface area contributed by atoms with Crippen molar-refractivity contribution in [3.63, 3.8) is 0 Å². The fourth-order valence-electron chi connectivity index (χ4n) is 2.12. The van der Waals surface area contributed by atoms with E-state index in [2.05, 4.69) is 18.3 Å². The molecule has 20 heavy (non-hydrogen) atoms. The van der Waals surface area contributed by atoms with E-state index in [1.165, 1.54) is 5.56 Å². The zero-order chi connectivity index (χ0) is 14.8. The molecule has 114 valence electrons. The minimum absolute atomic E-state index is 0.133. The zero-order valence-corrected chi connectivity index (χ0v) is 13.5. The van der Waals surface area contributed by atoms with Crippen molar-refractivity contribution in [1.82, 2.24) is 5.32 Å². The molecule has 1 atom stereocenters. The Bertz CT molecular complexity index is 367. The van der Waals surface area contributed by atoms with Crippen LogP contribution >= 0.6 is 11.6 Å². The molecule has 1 aromatic rings. The molecule has 0 aliphatic heterocycles. The minimum Gasteiger partial charge on any atom is -0.351 e. The molecular formula is C16H26ClNO2. The fourth-order valence-corrected chi connectivity index (χ4v) is 2.33. The van der Waals surface area contributed by atoms with Crippen LogP contribution in [-0.4, -0.2) is 32.1 Å². The molecule has 4 heteroatoms. The zero-order valence-electron chi connectivity index (χ0n) is 12.7. The molecule has 0 radical (unpaired) electrons. The van der Waals surface area contributed by atoms with Crippen LogP contribution in [0.1, 0.15) is 32.8 Å². The molecule has 0 spiro atoms. The molecule has 1 unspecified atom stereocenters. The van der Waals surface area contributed by atoms with Gasteiger partial charge >= 0.3 is 0 Å². The largest absolute Gasteiger partial charge is 0.351 e. The molecule has 1 aromatic carbocycles. The summed E-state index contributed by atoms with van der Waals surface area (Å²) in [4.78, 5) is 0. The lowest BCUT2D eigenvalue weighted by Gasteiger charge is -2.28. The van der Waals surface area contributed by atoms with Gasteiger partial charge in [-0.1, -0.05) is 30.7 Å². The molecule has 0 heterocycles. The van der Waals surface area contributed by atoms with E-state index in [0.29, 0.717) is 13.2 Å². The Hall–Kier alpha value is -0.610. The summed E-state index contributed by atoms with van der Waals surface area (Å²) in [5.41, 5.74) is 1.19. The molecule has 1 rings (SSSR count). The van der Waals surface area contributed by atoms with E-state index in [4.69, 9.17) is 21.1 Å². The molecule has 0 amide bonds. The van der Waals surface area contributed by atoms with Gasteiger partial charge in [0.1, 0.15) is 0 Å². The van der Waals surface area contributed by atoms with Gasteiger partial charge in [-0.05, 0) is 50.9 Å². The summed E-state index contributed by atoms with van der Waals surface area (Å²) in [6.45, 7) is 8.36. The Balaban J connectivity index is 2.75. The van der Waals surface area contributed by atoms with Gasteiger partial charge in [-0.2, -0.15) is 0 Å². The maximum atomic E-state index is 6.05. The predicted octanol–water partition coefficient (Wildman–Crippen LogP) is 3.65. The van der Waals surface area contributed by atoms with Gasteiger partial charge in [0.05, 0.1) is 6.04 Å². The van der Waals surface area contributed by atoms with Gasteiger partial charge in [-0.25, -0.2) is 0 Å². The van der Waals surface area contributed by atoms with E-state index in [9.17, 15) is 0 Å². The first kappa shape index (κ1) is 17.4. The Kier molecular flexibility index (Phi) is 8.86. The van der Waals surface area contributed by atoms with Crippen LogP contribution in [0.4, 0.5) is 0 Å². The summed E-state index contributed by atoms with van der Waals surface area (Å²) < 4.78 is 11.5. The number of hydrogen-bond acceptors (Lipinski definition) is 3. The van der Waals surface area contributed by atoms with E-state index >= 15 is 0 Å². The predicted molar refractivity (Wildman–Crippen MR) is 84.3 cm³/mol. The highest BCUT2D eigenvalue weighted by molar-refractivity contribution is 6.30. The molecule has 0 fully saturated rings.